The van der Waals surface area contributed by atoms with Crippen LogP contribution in [0.25, 0.3) is 0 Å². The lowest BCUT2D eigenvalue weighted by Gasteiger charge is -2.10. The van der Waals surface area contributed by atoms with Crippen LogP contribution >= 0.6 is 22.9 Å². The Labute approximate surface area is 153 Å². The average molecular weight is 378 g/mol. The topological polar surface area (TPSA) is 72.5 Å². The first kappa shape index (κ1) is 17.6. The molecule has 5 nitrogen and oxygen atoms in total. The number of methoxy groups -OCH3 is 1. The van der Waals surface area contributed by atoms with Gasteiger partial charge in [0.25, 0.3) is 11.1 Å². The van der Waals surface area contributed by atoms with E-state index < -0.39 is 11.2 Å². The fourth-order valence-corrected chi connectivity index (χ4v) is 4.46. The summed E-state index contributed by atoms with van der Waals surface area (Å²) in [6, 6.07) is 6.12. The van der Waals surface area contributed by atoms with Crippen molar-refractivity contribution in [1.29, 1.82) is 0 Å². The number of hydrogen-bond acceptors (Lipinski definition) is 5. The van der Waals surface area contributed by atoms with Crippen molar-refractivity contribution < 1.29 is 19.1 Å². The van der Waals surface area contributed by atoms with Gasteiger partial charge in [-0.25, -0.2) is 4.79 Å². The third-order valence-electron chi connectivity index (χ3n) is 4.16. The molecular weight excluding hydrogens is 362 g/mol. The van der Waals surface area contributed by atoms with Crippen LogP contribution in [0, 0.1) is 0 Å². The SMILES string of the molecule is COC(=O)c1ccc(C(=O)Nc2sc3c(c2C(=O)Cl)CCCC3)cc1. The molecule has 0 aliphatic heterocycles. The van der Waals surface area contributed by atoms with Crippen LogP contribution in [0.4, 0.5) is 5.00 Å². The van der Waals surface area contributed by atoms with E-state index in [4.69, 9.17) is 11.6 Å². The van der Waals surface area contributed by atoms with Gasteiger partial charge >= 0.3 is 5.97 Å². The van der Waals surface area contributed by atoms with E-state index in [1.807, 2.05) is 0 Å². The molecule has 1 aromatic carbocycles. The Balaban J connectivity index is 1.85. The smallest absolute Gasteiger partial charge is 0.337 e. The zero-order chi connectivity index (χ0) is 18.0. The van der Waals surface area contributed by atoms with E-state index in [9.17, 15) is 14.4 Å². The molecule has 130 valence electrons. The molecule has 0 fully saturated rings. The predicted octanol–water partition coefficient (Wildman–Crippen LogP) is 4.04. The molecule has 1 aliphatic rings. The van der Waals surface area contributed by atoms with Gasteiger partial charge in [0.1, 0.15) is 5.00 Å². The molecule has 1 N–H and O–H groups in total. The van der Waals surface area contributed by atoms with Crippen molar-refractivity contribution in [2.45, 2.75) is 25.7 Å². The molecule has 0 spiro atoms. The van der Waals surface area contributed by atoms with Crippen molar-refractivity contribution in [1.82, 2.24) is 0 Å². The molecular formula is C18H16ClNO4S. The molecule has 7 heteroatoms. The Bertz CT molecular complexity index is 842. The third-order valence-corrected chi connectivity index (χ3v) is 5.56. The quantitative estimate of drug-likeness (QED) is 0.644. The van der Waals surface area contributed by atoms with Crippen LogP contribution in [-0.4, -0.2) is 24.2 Å². The number of carbonyl (C=O) groups excluding carboxylic acids is 3. The number of aryl methyl sites for hydroxylation is 1. The molecule has 3 rings (SSSR count). The number of ether oxygens (including phenoxy) is 1. The molecule has 1 aromatic heterocycles. The highest BCUT2D eigenvalue weighted by Crippen LogP contribution is 2.39. The van der Waals surface area contributed by atoms with Crippen LogP contribution in [0.3, 0.4) is 0 Å². The fourth-order valence-electron chi connectivity index (χ4n) is 2.91. The zero-order valence-electron chi connectivity index (χ0n) is 13.6. The summed E-state index contributed by atoms with van der Waals surface area (Å²) in [5.74, 6) is -0.818. The zero-order valence-corrected chi connectivity index (χ0v) is 15.1. The van der Waals surface area contributed by atoms with E-state index in [0.29, 0.717) is 21.7 Å². The van der Waals surface area contributed by atoms with Crippen LogP contribution in [0.2, 0.25) is 0 Å². The molecule has 1 aliphatic carbocycles. The second-order valence-electron chi connectivity index (χ2n) is 5.71. The highest BCUT2D eigenvalue weighted by molar-refractivity contribution is 7.17. The minimum atomic E-state index is -0.546. The van der Waals surface area contributed by atoms with Crippen molar-refractivity contribution in [3.63, 3.8) is 0 Å². The minimum absolute atomic E-state index is 0.353. The van der Waals surface area contributed by atoms with Gasteiger partial charge in [-0.3, -0.25) is 9.59 Å². The van der Waals surface area contributed by atoms with E-state index in [-0.39, 0.29) is 5.91 Å². The van der Waals surface area contributed by atoms with Gasteiger partial charge in [-0.2, -0.15) is 0 Å². The summed E-state index contributed by atoms with van der Waals surface area (Å²) in [5.41, 5.74) is 2.13. The van der Waals surface area contributed by atoms with Gasteiger partial charge in [-0.1, -0.05) is 0 Å². The number of nitrogens with one attached hydrogen (secondary N) is 1. The third kappa shape index (κ3) is 3.60. The monoisotopic (exact) mass is 377 g/mol. The number of fused-ring (bicyclic) bond motifs is 1. The molecule has 1 amide bonds. The Morgan fingerprint density at radius 3 is 2.36 bits per heavy atom. The van der Waals surface area contributed by atoms with Gasteiger partial charge in [0.05, 0.1) is 18.2 Å². The van der Waals surface area contributed by atoms with Gasteiger partial charge in [-0.15, -0.1) is 11.3 Å². The molecule has 25 heavy (non-hydrogen) atoms. The van der Waals surface area contributed by atoms with Crippen molar-refractivity contribution in [3.05, 3.63) is 51.4 Å². The van der Waals surface area contributed by atoms with Crippen molar-refractivity contribution in [2.75, 3.05) is 12.4 Å². The van der Waals surface area contributed by atoms with Crippen LogP contribution < -0.4 is 5.32 Å². The molecule has 0 unspecified atom stereocenters. The molecule has 2 aromatic rings. The normalized spacial score (nSPS) is 13.0. The van der Waals surface area contributed by atoms with Crippen molar-refractivity contribution in [2.24, 2.45) is 0 Å². The number of benzene rings is 1. The van der Waals surface area contributed by atoms with E-state index in [0.717, 1.165) is 36.1 Å². The molecule has 1 heterocycles. The lowest BCUT2D eigenvalue weighted by molar-refractivity contribution is 0.0600. The van der Waals surface area contributed by atoms with E-state index in [2.05, 4.69) is 10.1 Å². The molecule has 0 saturated heterocycles. The van der Waals surface area contributed by atoms with Gasteiger partial charge in [-0.05, 0) is 67.1 Å². The van der Waals surface area contributed by atoms with Crippen LogP contribution in [0.5, 0.6) is 0 Å². The fraction of sp³-hybridized carbons (Fsp3) is 0.278. The predicted molar refractivity (Wildman–Crippen MR) is 96.9 cm³/mol. The standard InChI is InChI=1S/C18H16ClNO4S/c1-24-18(23)11-8-6-10(7-9-11)16(22)20-17-14(15(19)21)12-4-2-3-5-13(12)25-17/h6-9H,2-5H2,1H3,(H,20,22). The maximum absolute atomic E-state index is 12.5. The maximum atomic E-state index is 12.5. The van der Waals surface area contributed by atoms with E-state index in [1.165, 1.54) is 42.7 Å². The van der Waals surface area contributed by atoms with Gasteiger partial charge in [0.2, 0.25) is 0 Å². The Hall–Kier alpha value is -2.18. The first-order chi connectivity index (χ1) is 12.0. The first-order valence-electron chi connectivity index (χ1n) is 7.85. The van der Waals surface area contributed by atoms with Crippen LogP contribution in [0.1, 0.15) is 54.4 Å². The van der Waals surface area contributed by atoms with Gasteiger partial charge in [0.15, 0.2) is 0 Å². The van der Waals surface area contributed by atoms with Crippen molar-refractivity contribution in [3.8, 4) is 0 Å². The second kappa shape index (κ2) is 7.37. The largest absolute Gasteiger partial charge is 0.465 e. The van der Waals surface area contributed by atoms with Gasteiger partial charge in [0, 0.05) is 10.4 Å². The Morgan fingerprint density at radius 2 is 1.72 bits per heavy atom. The summed E-state index contributed by atoms with van der Waals surface area (Å²) in [6.07, 6.45) is 3.80. The summed E-state index contributed by atoms with van der Waals surface area (Å²) < 4.78 is 4.63. The molecule has 0 bridgehead atoms. The van der Waals surface area contributed by atoms with Crippen LogP contribution in [-0.2, 0) is 17.6 Å². The van der Waals surface area contributed by atoms with Crippen molar-refractivity contribution >= 4 is 45.1 Å². The first-order valence-corrected chi connectivity index (χ1v) is 9.04. The number of anilines is 1. The van der Waals surface area contributed by atoms with E-state index >= 15 is 0 Å². The lowest BCUT2D eigenvalue weighted by Crippen LogP contribution is -2.13. The Morgan fingerprint density at radius 1 is 1.08 bits per heavy atom. The van der Waals surface area contributed by atoms with Gasteiger partial charge < -0.3 is 10.1 Å². The maximum Gasteiger partial charge on any atom is 0.337 e. The second-order valence-corrected chi connectivity index (χ2v) is 7.16. The van der Waals surface area contributed by atoms with E-state index in [1.54, 1.807) is 0 Å². The highest BCUT2D eigenvalue weighted by Gasteiger charge is 2.25. The number of amides is 1. The number of thiophene rings is 1. The number of rotatable bonds is 4. The molecule has 0 atom stereocenters. The summed E-state index contributed by atoms with van der Waals surface area (Å²) >= 11 is 7.17. The van der Waals surface area contributed by atoms with Crippen LogP contribution in [0.15, 0.2) is 24.3 Å². The number of carbonyl (C=O) groups is 3. The number of hydrogen-bond donors (Lipinski definition) is 1. The summed E-state index contributed by atoms with van der Waals surface area (Å²) in [7, 11) is 1.30. The average Bonchev–Trinajstić information content (AvgIpc) is 2.99. The molecule has 0 saturated carbocycles. The molecule has 0 radical (unpaired) electrons. The lowest BCUT2D eigenvalue weighted by atomic mass is 9.96. The highest BCUT2D eigenvalue weighted by atomic mass is 35.5. The summed E-state index contributed by atoms with van der Waals surface area (Å²) in [5, 5.41) is 2.73. The Kier molecular flexibility index (Phi) is 5.20. The summed E-state index contributed by atoms with van der Waals surface area (Å²) in [6.45, 7) is 0. The number of halogens is 1. The summed E-state index contributed by atoms with van der Waals surface area (Å²) in [4.78, 5) is 36.9. The number of esters is 1. The minimum Gasteiger partial charge on any atom is -0.465 e.